The van der Waals surface area contributed by atoms with Crippen LogP contribution < -0.4 is 0 Å². The van der Waals surface area contributed by atoms with Gasteiger partial charge < -0.3 is 15.5 Å². The van der Waals surface area contributed by atoms with Crippen molar-refractivity contribution in [2.75, 3.05) is 0 Å². The molecule has 1 unspecified atom stereocenters. The van der Waals surface area contributed by atoms with Crippen LogP contribution in [0.25, 0.3) is 0 Å². The van der Waals surface area contributed by atoms with Gasteiger partial charge in [0.05, 0.1) is 5.92 Å². The molecule has 24 heavy (non-hydrogen) atoms. The monoisotopic (exact) mass is 448 g/mol. The Bertz CT molecular complexity index is 491. The molecule has 0 aliphatic rings. The minimum absolute atomic E-state index is 0. The van der Waals surface area contributed by atoms with E-state index >= 15 is 0 Å². The molecule has 1 atom stereocenters. The summed E-state index contributed by atoms with van der Waals surface area (Å²) < 4.78 is 14.7. The summed E-state index contributed by atoms with van der Waals surface area (Å²) in [5.41, 5.74) is 1.83. The van der Waals surface area contributed by atoms with Crippen LogP contribution in [0.15, 0.2) is 24.3 Å². The number of benzene rings is 1. The van der Waals surface area contributed by atoms with Gasteiger partial charge in [0.2, 0.25) is 0 Å². The number of phosphoric acid groups is 1. The van der Waals surface area contributed by atoms with Crippen molar-refractivity contribution in [3.05, 3.63) is 35.4 Å². The zero-order valence-electron chi connectivity index (χ0n) is 12.2. The van der Waals surface area contributed by atoms with Crippen LogP contribution in [-0.4, -0.2) is 140 Å². The summed E-state index contributed by atoms with van der Waals surface area (Å²) in [4.78, 5) is 28.7. The van der Waals surface area contributed by atoms with Crippen LogP contribution in [0.1, 0.15) is 37.8 Å². The van der Waals surface area contributed by atoms with Gasteiger partial charge in [-0.3, -0.25) is 14.6 Å². The molecular formula is C13H29Ca3O7P. The van der Waals surface area contributed by atoms with E-state index in [0.29, 0.717) is 11.5 Å². The third-order valence-electron chi connectivity index (χ3n) is 2.69. The van der Waals surface area contributed by atoms with Gasteiger partial charge in [-0.2, -0.15) is 0 Å². The van der Waals surface area contributed by atoms with Gasteiger partial charge in [-0.1, -0.05) is 38.1 Å². The van der Waals surface area contributed by atoms with Crippen molar-refractivity contribution in [2.24, 2.45) is 5.92 Å². The Labute approximate surface area is 232 Å². The molecule has 0 bridgehead atoms. The second-order valence-electron chi connectivity index (χ2n) is 4.96. The molecule has 0 aromatic heterocycles. The summed E-state index contributed by atoms with van der Waals surface area (Å²) in [5.74, 6) is -1.09. The van der Waals surface area contributed by atoms with Crippen LogP contribution in [-0.2, 0) is 20.3 Å². The summed E-state index contributed by atoms with van der Waals surface area (Å²) in [6, 6.07) is 7.39. The molecule has 7 nitrogen and oxygen atoms in total. The molecule has 0 radical (unpaired) electrons. The van der Waals surface area contributed by atoms with E-state index in [1.165, 1.54) is 0 Å². The zero-order chi connectivity index (χ0) is 14.6. The number of rotatable bonds is 5. The van der Waals surface area contributed by atoms with E-state index in [1.807, 2.05) is 12.1 Å². The number of hydrogen-bond acceptors (Lipinski definition) is 3. The maximum atomic E-state index is 11.5. The molecule has 1 aromatic carbocycles. The van der Waals surface area contributed by atoms with Crippen molar-refractivity contribution >= 4 is 127 Å². The fraction of sp³-hybridized carbons (Fsp3) is 0.462. The average molecular weight is 449 g/mol. The molecule has 1 aromatic rings. The predicted molar refractivity (Wildman–Crippen MR) is 104 cm³/mol. The first-order chi connectivity index (χ1) is 8.69. The minimum atomic E-state index is -4.77. The number of phosphoric ester groups is 1. The van der Waals surface area contributed by atoms with Crippen molar-refractivity contribution in [3.8, 4) is 0 Å². The van der Waals surface area contributed by atoms with Gasteiger partial charge >= 0.3 is 127 Å². The Morgan fingerprint density at radius 2 is 1.46 bits per heavy atom. The molecule has 0 amide bonds. The van der Waals surface area contributed by atoms with Gasteiger partial charge in [0, 0.05) is 0 Å². The van der Waals surface area contributed by atoms with E-state index in [2.05, 4.69) is 18.4 Å². The van der Waals surface area contributed by atoms with Gasteiger partial charge in [0.1, 0.15) is 0 Å². The van der Waals surface area contributed by atoms with Gasteiger partial charge in [0.15, 0.2) is 0 Å². The Morgan fingerprint density at radius 3 is 1.79 bits per heavy atom. The molecule has 0 heterocycles. The Kier molecular flexibility index (Phi) is 27.4. The Balaban J connectivity index is -0.000000241. The summed E-state index contributed by atoms with van der Waals surface area (Å²) >= 11 is 0. The SMILES string of the molecule is CC(C)Cc1ccc(C(C)C(=O)OP(=O)(O)O)cc1.O.O.[CaH2].[CaH2].[CaH2]. The molecular weight excluding hydrogens is 419 g/mol. The van der Waals surface area contributed by atoms with E-state index < -0.39 is 19.7 Å². The number of carbonyl (C=O) groups excluding carboxylic acids is 1. The number of hydrogen-bond donors (Lipinski definition) is 2. The van der Waals surface area contributed by atoms with Gasteiger partial charge in [-0.05, 0) is 30.4 Å². The molecule has 0 saturated heterocycles. The summed E-state index contributed by atoms with van der Waals surface area (Å²) in [7, 11) is -4.77. The Morgan fingerprint density at radius 1 is 1.04 bits per heavy atom. The van der Waals surface area contributed by atoms with E-state index in [1.54, 1.807) is 19.1 Å². The second-order valence-corrected chi connectivity index (χ2v) is 6.13. The third-order valence-corrected chi connectivity index (χ3v) is 3.10. The van der Waals surface area contributed by atoms with Crippen LogP contribution in [0.3, 0.4) is 0 Å². The van der Waals surface area contributed by atoms with E-state index in [0.717, 1.165) is 12.0 Å². The van der Waals surface area contributed by atoms with Crippen LogP contribution in [0.2, 0.25) is 0 Å². The topological polar surface area (TPSA) is 147 Å². The summed E-state index contributed by atoms with van der Waals surface area (Å²) in [5, 5.41) is 0. The molecule has 11 heteroatoms. The molecule has 1 rings (SSSR count). The predicted octanol–water partition coefficient (Wildman–Crippen LogP) is -1.77. The fourth-order valence-corrected chi connectivity index (χ4v) is 2.14. The molecule has 0 saturated carbocycles. The maximum absolute atomic E-state index is 11.5. The molecule has 0 fully saturated rings. The van der Waals surface area contributed by atoms with Crippen molar-refractivity contribution in [3.63, 3.8) is 0 Å². The van der Waals surface area contributed by atoms with Crippen LogP contribution in [0.4, 0.5) is 0 Å². The molecule has 0 spiro atoms. The fourth-order valence-electron chi connectivity index (χ4n) is 1.75. The van der Waals surface area contributed by atoms with E-state index in [9.17, 15) is 9.36 Å². The molecule has 6 N–H and O–H groups in total. The third kappa shape index (κ3) is 15.6. The standard InChI is InChI=1S/C13H19O5P.3Ca.2H2O.6H/c1-9(2)8-11-4-6-12(7-5-11)10(3)13(14)18-19(15,16)17;;;;;;;;;;;/h4-7,9-10H,8H2,1-3H3,(H2,15,16,17);;;;2*1H2;;;;;;. The van der Waals surface area contributed by atoms with E-state index in [-0.39, 0.29) is 124 Å². The summed E-state index contributed by atoms with van der Waals surface area (Å²) in [6.07, 6.45) is 0.946. The van der Waals surface area contributed by atoms with Crippen molar-refractivity contribution in [1.29, 1.82) is 0 Å². The first-order valence-electron chi connectivity index (χ1n) is 6.07. The van der Waals surface area contributed by atoms with Crippen LogP contribution in [0, 0.1) is 5.92 Å². The van der Waals surface area contributed by atoms with E-state index in [4.69, 9.17) is 9.79 Å². The van der Waals surface area contributed by atoms with Crippen LogP contribution in [0.5, 0.6) is 0 Å². The molecule has 0 aliphatic carbocycles. The summed E-state index contributed by atoms with van der Waals surface area (Å²) in [6.45, 7) is 5.79. The van der Waals surface area contributed by atoms with Crippen molar-refractivity contribution < 1.29 is 34.6 Å². The second kappa shape index (κ2) is 17.6. The first kappa shape index (κ1) is 37.3. The quantitative estimate of drug-likeness (QED) is 0.404. The van der Waals surface area contributed by atoms with Crippen molar-refractivity contribution in [2.45, 2.75) is 33.1 Å². The number of carbonyl (C=O) groups is 1. The average Bonchev–Trinajstić information content (AvgIpc) is 2.26. The normalized spacial score (nSPS) is 10.6. The van der Waals surface area contributed by atoms with Gasteiger partial charge in [-0.25, -0.2) is 4.57 Å². The van der Waals surface area contributed by atoms with Gasteiger partial charge in [0.25, 0.3) is 0 Å². The zero-order valence-corrected chi connectivity index (χ0v) is 13.1. The first-order valence-corrected chi connectivity index (χ1v) is 7.60. The van der Waals surface area contributed by atoms with Gasteiger partial charge in [-0.15, -0.1) is 0 Å². The molecule has 134 valence electrons. The molecule has 0 aliphatic heterocycles. The Hall–Kier alpha value is 2.54. The van der Waals surface area contributed by atoms with Crippen LogP contribution >= 0.6 is 7.82 Å². The van der Waals surface area contributed by atoms with Crippen molar-refractivity contribution in [1.82, 2.24) is 0 Å².